The van der Waals surface area contributed by atoms with E-state index in [0.29, 0.717) is 0 Å². The summed E-state index contributed by atoms with van der Waals surface area (Å²) in [5.74, 6) is 0. The van der Waals surface area contributed by atoms with Crippen molar-refractivity contribution in [1.29, 1.82) is 0 Å². The third-order valence-electron chi connectivity index (χ3n) is 6.85. The molecule has 4 nitrogen and oxygen atoms in total. The summed E-state index contributed by atoms with van der Waals surface area (Å²) >= 11 is 0. The van der Waals surface area contributed by atoms with Gasteiger partial charge in [-0.3, -0.25) is 0 Å². The molecule has 3 aliphatic rings. The smallest absolute Gasteiger partial charge is 0.0543 e. The Labute approximate surface area is 163 Å². The molecule has 2 heterocycles. The molecule has 1 unspecified atom stereocenters. The van der Waals surface area contributed by atoms with Gasteiger partial charge in [-0.05, 0) is 75.5 Å². The Morgan fingerprint density at radius 2 is 1.93 bits per heavy atom. The number of likely N-dealkylation sites (tertiary alicyclic amines) is 1. The van der Waals surface area contributed by atoms with Crippen molar-refractivity contribution in [3.05, 3.63) is 33.5 Å². The van der Waals surface area contributed by atoms with Crippen LogP contribution in [0.1, 0.15) is 57.2 Å². The number of hydrogen-bond acceptors (Lipinski definition) is 3. The number of aromatic nitrogens is 1. The van der Waals surface area contributed by atoms with Gasteiger partial charge in [0, 0.05) is 29.5 Å². The molecule has 0 spiro atoms. The molecule has 1 aromatic heterocycles. The van der Waals surface area contributed by atoms with Crippen LogP contribution in [0.5, 0.6) is 0 Å². The van der Waals surface area contributed by atoms with Gasteiger partial charge in [0.1, 0.15) is 0 Å². The van der Waals surface area contributed by atoms with E-state index in [1.54, 1.807) is 5.56 Å². The van der Waals surface area contributed by atoms with Crippen LogP contribution in [-0.4, -0.2) is 48.6 Å². The Morgan fingerprint density at radius 3 is 2.59 bits per heavy atom. The Hall–Kier alpha value is -1.36. The molecule has 1 aromatic rings. The van der Waals surface area contributed by atoms with E-state index in [4.69, 9.17) is 5.73 Å². The molecule has 1 fully saturated rings. The number of H-pyrrole nitrogens is 1. The van der Waals surface area contributed by atoms with Gasteiger partial charge < -0.3 is 20.9 Å². The van der Waals surface area contributed by atoms with E-state index < -0.39 is 0 Å². The van der Waals surface area contributed by atoms with E-state index in [1.165, 1.54) is 60.6 Å². The lowest BCUT2D eigenvalue weighted by Crippen LogP contribution is -2.50. The van der Waals surface area contributed by atoms with Crippen molar-refractivity contribution in [2.24, 2.45) is 5.73 Å². The second-order valence-electron chi connectivity index (χ2n) is 9.18. The molecule has 0 saturated carbocycles. The molecule has 0 bridgehead atoms. The zero-order valence-electron chi connectivity index (χ0n) is 17.3. The minimum Gasteiger partial charge on any atom is -0.358 e. The van der Waals surface area contributed by atoms with Gasteiger partial charge in [0.15, 0.2) is 0 Å². The van der Waals surface area contributed by atoms with E-state index in [1.807, 2.05) is 0 Å². The number of rotatable bonds is 7. The lowest BCUT2D eigenvalue weighted by atomic mass is 9.71. The number of hydrogen-bond donors (Lipinski definition) is 3. The third kappa shape index (κ3) is 3.67. The van der Waals surface area contributed by atoms with Crippen LogP contribution in [0.4, 0.5) is 0 Å². The van der Waals surface area contributed by atoms with Gasteiger partial charge in [-0.2, -0.15) is 0 Å². The predicted molar refractivity (Wildman–Crippen MR) is 114 cm³/mol. The number of fused-ring (bicyclic) bond motifs is 1. The summed E-state index contributed by atoms with van der Waals surface area (Å²) in [5.41, 5.74) is 10.7. The first-order chi connectivity index (χ1) is 13.0. The molecule has 2 aliphatic carbocycles. The van der Waals surface area contributed by atoms with Crippen molar-refractivity contribution in [2.45, 2.75) is 63.3 Å². The van der Waals surface area contributed by atoms with Gasteiger partial charge in [-0.1, -0.05) is 31.6 Å². The molecule has 4 heteroatoms. The van der Waals surface area contributed by atoms with E-state index in [2.05, 4.69) is 54.3 Å². The first kappa shape index (κ1) is 19.0. The number of nitrogens with one attached hydrogen (secondary N) is 2. The topological polar surface area (TPSA) is 57.1 Å². The SMILES string of the molecule is CCCc1[nH]c2c(c1C1(CNCC3=CC3(C)N)CCN(C)CC1)=CCCC=2. The van der Waals surface area contributed by atoms with Crippen LogP contribution in [-0.2, 0) is 11.8 Å². The zero-order chi connectivity index (χ0) is 19.1. The summed E-state index contributed by atoms with van der Waals surface area (Å²) in [6.07, 6.45) is 14.2. The fraction of sp³-hybridized carbons (Fsp3) is 0.652. The second-order valence-corrected chi connectivity index (χ2v) is 9.18. The molecular weight excluding hydrogens is 332 g/mol. The maximum absolute atomic E-state index is 6.18. The summed E-state index contributed by atoms with van der Waals surface area (Å²) in [4.78, 5) is 6.28. The largest absolute Gasteiger partial charge is 0.358 e. The van der Waals surface area contributed by atoms with E-state index in [0.717, 1.165) is 25.9 Å². The van der Waals surface area contributed by atoms with Crippen LogP contribution in [0.25, 0.3) is 12.2 Å². The monoisotopic (exact) mass is 368 g/mol. The van der Waals surface area contributed by atoms with Gasteiger partial charge in [0.2, 0.25) is 0 Å². The van der Waals surface area contributed by atoms with Gasteiger partial charge in [-0.15, -0.1) is 0 Å². The summed E-state index contributed by atoms with van der Waals surface area (Å²) in [5, 5.41) is 6.67. The zero-order valence-corrected chi connectivity index (χ0v) is 17.3. The highest BCUT2D eigenvalue weighted by atomic mass is 15.1. The van der Waals surface area contributed by atoms with Crippen LogP contribution >= 0.6 is 0 Å². The fourth-order valence-electron chi connectivity index (χ4n) is 5.03. The number of nitrogens with two attached hydrogens (primary N) is 1. The Morgan fingerprint density at radius 1 is 1.22 bits per heavy atom. The van der Waals surface area contributed by atoms with Crippen LogP contribution in [0, 0.1) is 0 Å². The van der Waals surface area contributed by atoms with Crippen molar-refractivity contribution in [1.82, 2.24) is 15.2 Å². The molecule has 1 aliphatic heterocycles. The van der Waals surface area contributed by atoms with Crippen molar-refractivity contribution >= 4 is 12.2 Å². The molecule has 1 saturated heterocycles. The van der Waals surface area contributed by atoms with Crippen LogP contribution in [0.2, 0.25) is 0 Å². The van der Waals surface area contributed by atoms with Crippen molar-refractivity contribution < 1.29 is 0 Å². The number of aryl methyl sites for hydroxylation is 1. The van der Waals surface area contributed by atoms with Gasteiger partial charge >= 0.3 is 0 Å². The minimum atomic E-state index is -0.143. The van der Waals surface area contributed by atoms with Gasteiger partial charge in [-0.25, -0.2) is 0 Å². The highest BCUT2D eigenvalue weighted by Gasteiger charge is 2.39. The fourth-order valence-corrected chi connectivity index (χ4v) is 5.03. The molecule has 0 amide bonds. The summed E-state index contributed by atoms with van der Waals surface area (Å²) in [6.45, 7) is 8.71. The average Bonchev–Trinajstić information content (AvgIpc) is 3.09. The maximum Gasteiger partial charge on any atom is 0.0543 e. The van der Waals surface area contributed by atoms with Gasteiger partial charge in [0.25, 0.3) is 0 Å². The summed E-state index contributed by atoms with van der Waals surface area (Å²) in [7, 11) is 2.26. The van der Waals surface area contributed by atoms with Crippen LogP contribution in [0.3, 0.4) is 0 Å². The first-order valence-electron chi connectivity index (χ1n) is 10.8. The highest BCUT2D eigenvalue weighted by molar-refractivity contribution is 5.46. The Kier molecular flexibility index (Phi) is 5.08. The van der Waals surface area contributed by atoms with Crippen molar-refractivity contribution in [2.75, 3.05) is 33.2 Å². The van der Waals surface area contributed by atoms with E-state index >= 15 is 0 Å². The van der Waals surface area contributed by atoms with Gasteiger partial charge in [0.05, 0.1) is 5.54 Å². The maximum atomic E-state index is 6.18. The molecule has 0 aromatic carbocycles. The Balaban J connectivity index is 1.67. The molecular formula is C23H36N4. The standard InChI is InChI=1S/C23H36N4/c1-4-7-20-21(18-8-5-6-9-19(18)26-20)23(10-12-27(3)13-11-23)16-25-15-17-14-22(17,2)24/h8-9,14,25-26H,4-7,10-13,15-16,24H2,1-3H3. The van der Waals surface area contributed by atoms with Crippen LogP contribution in [0.15, 0.2) is 11.6 Å². The molecule has 4 N–H and O–H groups in total. The van der Waals surface area contributed by atoms with E-state index in [9.17, 15) is 0 Å². The molecule has 148 valence electrons. The third-order valence-corrected chi connectivity index (χ3v) is 6.85. The minimum absolute atomic E-state index is 0.143. The summed E-state index contributed by atoms with van der Waals surface area (Å²) < 4.78 is 0. The van der Waals surface area contributed by atoms with Crippen molar-refractivity contribution in [3.8, 4) is 0 Å². The lowest BCUT2D eigenvalue weighted by Gasteiger charge is -2.42. The molecule has 27 heavy (non-hydrogen) atoms. The summed E-state index contributed by atoms with van der Waals surface area (Å²) in [6, 6.07) is 0. The Bertz CT molecular complexity index is 834. The normalized spacial score (nSPS) is 26.7. The average molecular weight is 369 g/mol. The number of piperidine rings is 1. The second kappa shape index (κ2) is 7.23. The quantitative estimate of drug-likeness (QED) is 0.640. The van der Waals surface area contributed by atoms with Crippen molar-refractivity contribution in [3.63, 3.8) is 0 Å². The van der Waals surface area contributed by atoms with Crippen LogP contribution < -0.4 is 21.6 Å². The molecule has 0 radical (unpaired) electrons. The lowest BCUT2D eigenvalue weighted by molar-refractivity contribution is 0.183. The molecule has 4 rings (SSSR count). The molecule has 1 atom stereocenters. The predicted octanol–water partition coefficient (Wildman–Crippen LogP) is 1.53. The highest BCUT2D eigenvalue weighted by Crippen LogP contribution is 2.36. The first-order valence-corrected chi connectivity index (χ1v) is 10.8. The number of nitrogens with zero attached hydrogens (tertiary/aromatic N) is 1. The number of aromatic amines is 1. The van der Waals surface area contributed by atoms with E-state index in [-0.39, 0.29) is 11.0 Å².